The zero-order valence-electron chi connectivity index (χ0n) is 16.2. The van der Waals surface area contributed by atoms with Crippen LogP contribution in [0.15, 0.2) is 60.9 Å². The quantitative estimate of drug-likeness (QED) is 0.718. The van der Waals surface area contributed by atoms with Gasteiger partial charge in [-0.2, -0.15) is 0 Å². The maximum atomic E-state index is 12.5. The summed E-state index contributed by atoms with van der Waals surface area (Å²) in [6, 6.07) is 16.2. The third-order valence-electron chi connectivity index (χ3n) is 5.43. The van der Waals surface area contributed by atoms with Gasteiger partial charge in [0.05, 0.1) is 0 Å². The topological polar surface area (TPSA) is 59.0 Å². The summed E-state index contributed by atoms with van der Waals surface area (Å²) in [4.78, 5) is 16.7. The molecule has 4 rings (SSSR count). The third kappa shape index (κ3) is 4.15. The third-order valence-corrected chi connectivity index (χ3v) is 5.43. The smallest absolute Gasteiger partial charge is 0.251 e. The van der Waals surface area contributed by atoms with Crippen LogP contribution in [0.2, 0.25) is 0 Å². The Morgan fingerprint density at radius 3 is 2.61 bits per heavy atom. The molecule has 1 amide bonds. The molecule has 0 bridgehead atoms. The Hall–Kier alpha value is -2.92. The number of hydrogen-bond acceptors (Lipinski definition) is 3. The van der Waals surface area contributed by atoms with Gasteiger partial charge in [-0.15, -0.1) is 0 Å². The van der Waals surface area contributed by atoms with Crippen molar-refractivity contribution in [1.29, 1.82) is 0 Å². The number of benzene rings is 2. The maximum Gasteiger partial charge on any atom is 0.251 e. The van der Waals surface area contributed by atoms with Gasteiger partial charge in [0, 0.05) is 36.7 Å². The molecule has 2 N–H and O–H groups in total. The summed E-state index contributed by atoms with van der Waals surface area (Å²) < 4.78 is 2.03. The average molecular weight is 374 g/mol. The summed E-state index contributed by atoms with van der Waals surface area (Å²) >= 11 is 0. The van der Waals surface area contributed by atoms with E-state index >= 15 is 0 Å². The predicted molar refractivity (Wildman–Crippen MR) is 111 cm³/mol. The number of rotatable bonds is 5. The van der Waals surface area contributed by atoms with Gasteiger partial charge in [0.15, 0.2) is 0 Å². The van der Waals surface area contributed by atoms with Gasteiger partial charge in [0.1, 0.15) is 5.82 Å². The minimum absolute atomic E-state index is 0.0390. The molecule has 3 aromatic rings. The number of piperidine rings is 1. The monoisotopic (exact) mass is 374 g/mol. The van der Waals surface area contributed by atoms with E-state index in [4.69, 9.17) is 0 Å². The highest BCUT2D eigenvalue weighted by Crippen LogP contribution is 2.23. The van der Waals surface area contributed by atoms with Crippen molar-refractivity contribution in [3.8, 4) is 5.69 Å². The Balaban J connectivity index is 1.34. The van der Waals surface area contributed by atoms with Gasteiger partial charge >= 0.3 is 0 Å². The van der Waals surface area contributed by atoms with E-state index in [-0.39, 0.29) is 5.91 Å². The van der Waals surface area contributed by atoms with Crippen LogP contribution in [0.5, 0.6) is 0 Å². The van der Waals surface area contributed by atoms with Gasteiger partial charge in [-0.05, 0) is 67.6 Å². The summed E-state index contributed by atoms with van der Waals surface area (Å²) in [6.45, 7) is 4.63. The molecule has 1 aliphatic heterocycles. The number of aromatic nitrogens is 2. The normalized spacial score (nSPS) is 16.7. The van der Waals surface area contributed by atoms with Crippen LogP contribution >= 0.6 is 0 Å². The molecule has 144 valence electrons. The van der Waals surface area contributed by atoms with Crippen LogP contribution in [0.4, 0.5) is 0 Å². The lowest BCUT2D eigenvalue weighted by atomic mass is 9.91. The molecule has 5 nitrogen and oxygen atoms in total. The van der Waals surface area contributed by atoms with Crippen molar-refractivity contribution >= 4 is 5.91 Å². The van der Waals surface area contributed by atoms with E-state index in [2.05, 4.69) is 27.8 Å². The van der Waals surface area contributed by atoms with E-state index < -0.39 is 0 Å². The molecule has 1 aromatic heterocycles. The van der Waals surface area contributed by atoms with Crippen LogP contribution in [0, 0.1) is 6.92 Å². The van der Waals surface area contributed by atoms with Gasteiger partial charge in [0.25, 0.3) is 5.91 Å². The van der Waals surface area contributed by atoms with Crippen molar-refractivity contribution in [2.45, 2.75) is 32.2 Å². The van der Waals surface area contributed by atoms with Crippen LogP contribution in [0.3, 0.4) is 0 Å². The van der Waals surface area contributed by atoms with Crippen LogP contribution in [0.25, 0.3) is 5.69 Å². The molecule has 2 aromatic carbocycles. The van der Waals surface area contributed by atoms with Crippen LogP contribution < -0.4 is 10.6 Å². The Morgan fingerprint density at radius 2 is 1.96 bits per heavy atom. The molecule has 0 radical (unpaired) electrons. The molecule has 2 heterocycles. The fourth-order valence-electron chi connectivity index (χ4n) is 3.75. The number of carbonyl (C=O) groups is 1. The number of aryl methyl sites for hydroxylation is 1. The average Bonchev–Trinajstić information content (AvgIpc) is 3.19. The fourth-order valence-corrected chi connectivity index (χ4v) is 3.75. The number of nitrogens with zero attached hydrogens (tertiary/aromatic N) is 2. The Labute approximate surface area is 165 Å². The van der Waals surface area contributed by atoms with Crippen molar-refractivity contribution in [2.24, 2.45) is 0 Å². The molecule has 0 saturated carbocycles. The number of imidazole rings is 1. The van der Waals surface area contributed by atoms with E-state index in [1.54, 1.807) is 6.20 Å². The highest BCUT2D eigenvalue weighted by molar-refractivity contribution is 5.94. The lowest BCUT2D eigenvalue weighted by Gasteiger charge is -2.23. The molecule has 0 spiro atoms. The largest absolute Gasteiger partial charge is 0.348 e. The predicted octanol–water partition coefficient (Wildman–Crippen LogP) is 3.58. The first-order valence-corrected chi connectivity index (χ1v) is 9.89. The summed E-state index contributed by atoms with van der Waals surface area (Å²) in [5, 5.41) is 6.45. The standard InChI is InChI=1S/C23H26N4O/c1-17-25-13-14-27(17)22-10-4-18(5-11-22)15-26-23(28)20-8-6-19(7-9-20)21-3-2-12-24-16-21/h4-11,13-14,21,24H,2-3,12,15-16H2,1H3,(H,26,28)/t21-/m1/s1. The molecular weight excluding hydrogens is 348 g/mol. The minimum Gasteiger partial charge on any atom is -0.348 e. The van der Waals surface area contributed by atoms with Crippen molar-refractivity contribution in [3.05, 3.63) is 83.4 Å². The molecule has 1 saturated heterocycles. The van der Waals surface area contributed by atoms with Gasteiger partial charge in [0.2, 0.25) is 0 Å². The minimum atomic E-state index is -0.0390. The van der Waals surface area contributed by atoms with E-state index in [0.717, 1.165) is 30.2 Å². The Kier molecular flexibility index (Phi) is 5.53. The molecule has 28 heavy (non-hydrogen) atoms. The van der Waals surface area contributed by atoms with Crippen molar-refractivity contribution in [3.63, 3.8) is 0 Å². The number of amides is 1. The number of nitrogens with one attached hydrogen (secondary N) is 2. The summed E-state index contributed by atoms with van der Waals surface area (Å²) in [6.07, 6.45) is 6.16. The molecule has 1 fully saturated rings. The first-order valence-electron chi connectivity index (χ1n) is 9.89. The van der Waals surface area contributed by atoms with Gasteiger partial charge in [-0.25, -0.2) is 4.98 Å². The van der Waals surface area contributed by atoms with Crippen LogP contribution in [-0.2, 0) is 6.54 Å². The van der Waals surface area contributed by atoms with Crippen molar-refractivity contribution in [1.82, 2.24) is 20.2 Å². The molecule has 1 atom stereocenters. The molecular formula is C23H26N4O. The van der Waals surface area contributed by atoms with Crippen LogP contribution in [-0.4, -0.2) is 28.5 Å². The lowest BCUT2D eigenvalue weighted by molar-refractivity contribution is 0.0951. The fraction of sp³-hybridized carbons (Fsp3) is 0.304. The van der Waals surface area contributed by atoms with E-state index in [1.165, 1.54) is 18.4 Å². The first-order chi connectivity index (χ1) is 13.7. The SMILES string of the molecule is Cc1nccn1-c1ccc(CNC(=O)c2ccc([C@@H]3CCCNC3)cc2)cc1. The number of carbonyl (C=O) groups excluding carboxylic acids is 1. The molecule has 0 unspecified atom stereocenters. The second kappa shape index (κ2) is 8.40. The number of hydrogen-bond donors (Lipinski definition) is 2. The zero-order chi connectivity index (χ0) is 19.3. The summed E-state index contributed by atoms with van der Waals surface area (Å²) in [5.74, 6) is 1.47. The molecule has 5 heteroatoms. The van der Waals surface area contributed by atoms with E-state index in [0.29, 0.717) is 18.0 Å². The van der Waals surface area contributed by atoms with Crippen molar-refractivity contribution in [2.75, 3.05) is 13.1 Å². The Bertz CT molecular complexity index is 922. The summed E-state index contributed by atoms with van der Waals surface area (Å²) in [5.41, 5.74) is 4.16. The Morgan fingerprint density at radius 1 is 1.18 bits per heavy atom. The van der Waals surface area contributed by atoms with Crippen LogP contribution in [0.1, 0.15) is 46.1 Å². The van der Waals surface area contributed by atoms with E-state index in [9.17, 15) is 4.79 Å². The highest BCUT2D eigenvalue weighted by atomic mass is 16.1. The lowest BCUT2D eigenvalue weighted by Crippen LogP contribution is -2.28. The first kappa shape index (κ1) is 18.4. The zero-order valence-corrected chi connectivity index (χ0v) is 16.2. The van der Waals surface area contributed by atoms with Gasteiger partial charge in [-0.3, -0.25) is 4.79 Å². The van der Waals surface area contributed by atoms with E-state index in [1.807, 2.05) is 54.1 Å². The highest BCUT2D eigenvalue weighted by Gasteiger charge is 2.15. The maximum absolute atomic E-state index is 12.5. The second-order valence-corrected chi connectivity index (χ2v) is 7.36. The van der Waals surface area contributed by atoms with Crippen molar-refractivity contribution < 1.29 is 4.79 Å². The van der Waals surface area contributed by atoms with Gasteiger partial charge in [-0.1, -0.05) is 24.3 Å². The van der Waals surface area contributed by atoms with Gasteiger partial charge < -0.3 is 15.2 Å². The second-order valence-electron chi connectivity index (χ2n) is 7.36. The molecule has 0 aliphatic carbocycles. The molecule has 1 aliphatic rings. The summed E-state index contributed by atoms with van der Waals surface area (Å²) in [7, 11) is 0.